The third-order valence-corrected chi connectivity index (χ3v) is 1.19. The van der Waals surface area contributed by atoms with Gasteiger partial charge in [-0.3, -0.25) is 4.79 Å². The molecular formula is C7H9N3O3. The number of methoxy groups -OCH3 is 1. The smallest absolute Gasteiger partial charge is 0.309 e. The van der Waals surface area contributed by atoms with Crippen LogP contribution < -0.4 is 15.2 Å². The van der Waals surface area contributed by atoms with Gasteiger partial charge in [0.25, 0.3) is 5.88 Å². The van der Waals surface area contributed by atoms with Crippen LogP contribution >= 0.6 is 0 Å². The first-order chi connectivity index (χ1) is 6.13. The molecule has 1 aromatic heterocycles. The van der Waals surface area contributed by atoms with Gasteiger partial charge in [0.05, 0.1) is 13.3 Å². The zero-order valence-electron chi connectivity index (χ0n) is 7.27. The van der Waals surface area contributed by atoms with E-state index in [0.717, 1.165) is 0 Å². The molecule has 6 nitrogen and oxygen atoms in total. The second kappa shape index (κ2) is 3.70. The number of nitrogen functional groups attached to an aromatic ring is 1. The zero-order chi connectivity index (χ0) is 9.84. The number of hydrogen-bond donors (Lipinski definition) is 1. The topological polar surface area (TPSA) is 87.3 Å². The average molecular weight is 183 g/mol. The first-order valence-corrected chi connectivity index (χ1v) is 3.48. The Morgan fingerprint density at radius 3 is 2.85 bits per heavy atom. The van der Waals surface area contributed by atoms with Crippen LogP contribution in [-0.2, 0) is 4.79 Å². The molecule has 0 radical (unpaired) electrons. The van der Waals surface area contributed by atoms with Gasteiger partial charge in [0.2, 0.25) is 5.88 Å². The summed E-state index contributed by atoms with van der Waals surface area (Å²) in [5.41, 5.74) is 5.39. The molecule has 1 aromatic rings. The highest BCUT2D eigenvalue weighted by Crippen LogP contribution is 2.18. The van der Waals surface area contributed by atoms with Gasteiger partial charge in [-0.05, 0) is 0 Å². The van der Waals surface area contributed by atoms with E-state index in [9.17, 15) is 4.79 Å². The molecule has 70 valence electrons. The molecule has 2 N–H and O–H groups in total. The van der Waals surface area contributed by atoms with Crippen molar-refractivity contribution in [3.05, 3.63) is 6.20 Å². The lowest BCUT2D eigenvalue weighted by Gasteiger charge is -2.04. The minimum absolute atomic E-state index is 0.0353. The summed E-state index contributed by atoms with van der Waals surface area (Å²) in [6, 6.07) is 0. The molecule has 0 aliphatic rings. The third kappa shape index (κ3) is 2.29. The molecular weight excluding hydrogens is 174 g/mol. The van der Waals surface area contributed by atoms with Crippen molar-refractivity contribution in [2.75, 3.05) is 12.8 Å². The number of nitrogens with zero attached hydrogens (tertiary/aromatic N) is 2. The third-order valence-electron chi connectivity index (χ3n) is 1.19. The first-order valence-electron chi connectivity index (χ1n) is 3.48. The molecule has 0 aromatic carbocycles. The molecule has 1 rings (SSSR count). The number of ether oxygens (including phenoxy) is 2. The van der Waals surface area contributed by atoms with E-state index in [2.05, 4.69) is 14.7 Å². The molecule has 0 aliphatic carbocycles. The second-order valence-electron chi connectivity index (χ2n) is 2.20. The minimum Gasteiger partial charge on any atom is -0.480 e. The van der Waals surface area contributed by atoms with E-state index >= 15 is 0 Å². The van der Waals surface area contributed by atoms with Crippen LogP contribution in [0.15, 0.2) is 6.20 Å². The van der Waals surface area contributed by atoms with E-state index in [1.807, 2.05) is 0 Å². The number of hydrogen-bond acceptors (Lipinski definition) is 6. The maximum absolute atomic E-state index is 10.6. The molecule has 0 fully saturated rings. The van der Waals surface area contributed by atoms with Crippen LogP contribution in [-0.4, -0.2) is 23.0 Å². The van der Waals surface area contributed by atoms with Gasteiger partial charge in [-0.15, -0.1) is 0 Å². The van der Waals surface area contributed by atoms with Crippen LogP contribution in [0.3, 0.4) is 0 Å². The molecule has 0 spiro atoms. The van der Waals surface area contributed by atoms with Crippen molar-refractivity contribution in [2.45, 2.75) is 6.92 Å². The Kier molecular flexibility index (Phi) is 2.63. The standard InChI is InChI=1S/C7H9N3O3/c1-4(11)13-7-6(8)9-3-5(10-7)12-2/h3H,1-2H3,(H2,8,9). The Labute approximate surface area is 74.7 Å². The van der Waals surface area contributed by atoms with Crippen molar-refractivity contribution >= 4 is 11.8 Å². The fourth-order valence-electron chi connectivity index (χ4n) is 0.676. The Bertz CT molecular complexity index is 327. The first kappa shape index (κ1) is 9.24. The predicted octanol–water partition coefficient (Wildman–Crippen LogP) is -0.00730. The lowest BCUT2D eigenvalue weighted by Crippen LogP contribution is -2.07. The van der Waals surface area contributed by atoms with Gasteiger partial charge in [-0.25, -0.2) is 4.98 Å². The van der Waals surface area contributed by atoms with Gasteiger partial charge >= 0.3 is 5.97 Å². The van der Waals surface area contributed by atoms with E-state index in [4.69, 9.17) is 10.5 Å². The van der Waals surface area contributed by atoms with Gasteiger partial charge in [-0.2, -0.15) is 4.98 Å². The number of nitrogens with two attached hydrogens (primary N) is 1. The van der Waals surface area contributed by atoms with Crippen molar-refractivity contribution < 1.29 is 14.3 Å². The number of aromatic nitrogens is 2. The maximum Gasteiger partial charge on any atom is 0.309 e. The lowest BCUT2D eigenvalue weighted by molar-refractivity contribution is -0.132. The van der Waals surface area contributed by atoms with Crippen LogP contribution in [0.5, 0.6) is 11.8 Å². The Morgan fingerprint density at radius 2 is 2.31 bits per heavy atom. The molecule has 0 saturated carbocycles. The Balaban J connectivity index is 2.96. The van der Waals surface area contributed by atoms with E-state index in [0.29, 0.717) is 0 Å². The van der Waals surface area contributed by atoms with E-state index in [1.54, 1.807) is 0 Å². The SMILES string of the molecule is COc1cnc(N)c(OC(C)=O)n1. The summed E-state index contributed by atoms with van der Waals surface area (Å²) in [5, 5.41) is 0. The molecule has 0 unspecified atom stereocenters. The van der Waals surface area contributed by atoms with E-state index in [1.165, 1.54) is 20.2 Å². The van der Waals surface area contributed by atoms with Gasteiger partial charge in [-0.1, -0.05) is 0 Å². The molecule has 0 bridgehead atoms. The average Bonchev–Trinajstić information content (AvgIpc) is 2.08. The number of rotatable bonds is 2. The summed E-state index contributed by atoms with van der Waals surface area (Å²) in [7, 11) is 1.43. The van der Waals surface area contributed by atoms with E-state index < -0.39 is 5.97 Å². The minimum atomic E-state index is -0.505. The van der Waals surface area contributed by atoms with Crippen molar-refractivity contribution in [1.29, 1.82) is 0 Å². The van der Waals surface area contributed by atoms with Crippen molar-refractivity contribution in [1.82, 2.24) is 9.97 Å². The highest BCUT2D eigenvalue weighted by Gasteiger charge is 2.07. The number of carbonyl (C=O) groups is 1. The summed E-state index contributed by atoms with van der Waals surface area (Å²) in [6.07, 6.45) is 1.34. The van der Waals surface area contributed by atoms with Gasteiger partial charge in [0.1, 0.15) is 0 Å². The van der Waals surface area contributed by atoms with E-state index in [-0.39, 0.29) is 17.6 Å². The van der Waals surface area contributed by atoms with Gasteiger partial charge in [0.15, 0.2) is 5.82 Å². The summed E-state index contributed by atoms with van der Waals surface area (Å²) in [5.74, 6) is -0.248. The fourth-order valence-corrected chi connectivity index (χ4v) is 0.676. The second-order valence-corrected chi connectivity index (χ2v) is 2.20. The van der Waals surface area contributed by atoms with Crippen LogP contribution in [0, 0.1) is 0 Å². The van der Waals surface area contributed by atoms with Crippen molar-refractivity contribution in [3.63, 3.8) is 0 Å². The zero-order valence-corrected chi connectivity index (χ0v) is 7.27. The number of carbonyl (C=O) groups excluding carboxylic acids is 1. The van der Waals surface area contributed by atoms with Crippen molar-refractivity contribution in [3.8, 4) is 11.8 Å². The highest BCUT2D eigenvalue weighted by molar-refractivity contribution is 5.70. The molecule has 0 atom stereocenters. The molecule has 6 heteroatoms. The van der Waals surface area contributed by atoms with Gasteiger partial charge < -0.3 is 15.2 Å². The lowest BCUT2D eigenvalue weighted by atomic mass is 10.6. The molecule has 13 heavy (non-hydrogen) atoms. The Hall–Kier alpha value is -1.85. The molecule has 0 aliphatic heterocycles. The van der Waals surface area contributed by atoms with Crippen LogP contribution in [0.2, 0.25) is 0 Å². The quantitative estimate of drug-likeness (QED) is 0.649. The molecule has 0 amide bonds. The monoisotopic (exact) mass is 183 g/mol. The summed E-state index contributed by atoms with van der Waals surface area (Å²) < 4.78 is 9.44. The normalized spacial score (nSPS) is 9.38. The highest BCUT2D eigenvalue weighted by atomic mass is 16.5. The largest absolute Gasteiger partial charge is 0.480 e. The van der Waals surface area contributed by atoms with Crippen LogP contribution in [0.4, 0.5) is 5.82 Å². The Morgan fingerprint density at radius 1 is 1.62 bits per heavy atom. The summed E-state index contributed by atoms with van der Waals surface area (Å²) in [6.45, 7) is 1.25. The number of esters is 1. The molecule has 0 saturated heterocycles. The van der Waals surface area contributed by atoms with Crippen LogP contribution in [0.25, 0.3) is 0 Å². The summed E-state index contributed by atoms with van der Waals surface area (Å²) in [4.78, 5) is 18.1. The number of anilines is 1. The molecule has 1 heterocycles. The van der Waals surface area contributed by atoms with Crippen molar-refractivity contribution in [2.24, 2.45) is 0 Å². The maximum atomic E-state index is 10.6. The fraction of sp³-hybridized carbons (Fsp3) is 0.286. The van der Waals surface area contributed by atoms with Gasteiger partial charge in [0, 0.05) is 6.92 Å². The predicted molar refractivity (Wildman–Crippen MR) is 44.3 cm³/mol. The summed E-state index contributed by atoms with van der Waals surface area (Å²) >= 11 is 0. The van der Waals surface area contributed by atoms with Crippen LogP contribution in [0.1, 0.15) is 6.92 Å².